The van der Waals surface area contributed by atoms with Crippen LogP contribution in [0.3, 0.4) is 0 Å². The Morgan fingerprint density at radius 3 is 2.53 bits per heavy atom. The van der Waals surface area contributed by atoms with Crippen molar-refractivity contribution in [2.24, 2.45) is 0 Å². The van der Waals surface area contributed by atoms with Crippen molar-refractivity contribution in [3.05, 3.63) is 58.4 Å². The van der Waals surface area contributed by atoms with E-state index in [1.165, 1.54) is 17.2 Å². The quantitative estimate of drug-likeness (QED) is 0.608. The van der Waals surface area contributed by atoms with Gasteiger partial charge in [0.25, 0.3) is 5.91 Å². The zero-order valence-corrected chi connectivity index (χ0v) is 19.6. The number of pyridine rings is 1. The summed E-state index contributed by atoms with van der Waals surface area (Å²) in [5, 5.41) is 8.96. The van der Waals surface area contributed by atoms with Gasteiger partial charge >= 0.3 is 6.18 Å². The van der Waals surface area contributed by atoms with Crippen LogP contribution in [0.4, 0.5) is 13.2 Å². The summed E-state index contributed by atoms with van der Waals surface area (Å²) in [6.07, 6.45) is -2.06. The number of carbonyl (C=O) groups excluding carboxylic acids is 1. The van der Waals surface area contributed by atoms with Crippen molar-refractivity contribution in [3.63, 3.8) is 0 Å². The molecule has 0 spiro atoms. The molecule has 1 N–H and O–H groups in total. The lowest BCUT2D eigenvalue weighted by atomic mass is 9.96. The Morgan fingerprint density at radius 1 is 1.18 bits per heavy atom. The maximum absolute atomic E-state index is 12.9. The molecule has 184 valence electrons. The van der Waals surface area contributed by atoms with Gasteiger partial charge in [0.1, 0.15) is 11.4 Å². The van der Waals surface area contributed by atoms with Gasteiger partial charge in [-0.15, -0.1) is 0 Å². The molecule has 34 heavy (non-hydrogen) atoms. The number of hydrogen-bond acceptors (Lipinski definition) is 5. The van der Waals surface area contributed by atoms with Crippen LogP contribution in [0.25, 0.3) is 0 Å². The molecule has 0 saturated carbocycles. The predicted molar refractivity (Wildman–Crippen MR) is 121 cm³/mol. The Balaban J connectivity index is 1.42. The van der Waals surface area contributed by atoms with E-state index < -0.39 is 11.9 Å². The molecule has 3 heterocycles. The van der Waals surface area contributed by atoms with Gasteiger partial charge in [-0.1, -0.05) is 6.07 Å². The first-order chi connectivity index (χ1) is 16.1. The van der Waals surface area contributed by atoms with Crippen molar-refractivity contribution in [1.29, 1.82) is 0 Å². The van der Waals surface area contributed by atoms with E-state index >= 15 is 0 Å². The molecule has 1 amide bonds. The molecule has 0 unspecified atom stereocenters. The second-order valence-corrected chi connectivity index (χ2v) is 9.13. The lowest BCUT2D eigenvalue weighted by Gasteiger charge is -2.38. The summed E-state index contributed by atoms with van der Waals surface area (Å²) in [6, 6.07) is 6.53. The Bertz CT molecular complexity index is 1040. The highest BCUT2D eigenvalue weighted by Gasteiger charge is 2.47. The van der Waals surface area contributed by atoms with Crippen LogP contribution in [-0.4, -0.2) is 64.2 Å². The fraction of sp³-hybridized carbons (Fsp3) is 0.520. The number of piperazine rings is 1. The van der Waals surface area contributed by atoms with E-state index in [-0.39, 0.29) is 36.2 Å². The van der Waals surface area contributed by atoms with E-state index in [2.05, 4.69) is 29.8 Å². The first kappa shape index (κ1) is 24.5. The van der Waals surface area contributed by atoms with Crippen LogP contribution in [0.2, 0.25) is 0 Å². The second kappa shape index (κ2) is 9.54. The van der Waals surface area contributed by atoms with Gasteiger partial charge in [-0.2, -0.15) is 13.2 Å². The number of aliphatic hydroxyl groups excluding tert-OH is 1. The van der Waals surface area contributed by atoms with E-state index in [0.29, 0.717) is 19.6 Å². The Hall–Kier alpha value is -2.65. The minimum absolute atomic E-state index is 0.0322. The lowest BCUT2D eigenvalue weighted by Crippen LogP contribution is -2.49. The third-order valence-electron chi connectivity index (χ3n) is 7.13. The van der Waals surface area contributed by atoms with Gasteiger partial charge in [-0.25, -0.2) is 0 Å². The first-order valence-corrected chi connectivity index (χ1v) is 11.6. The SMILES string of the molecule is Cc1c(OCCCO)ccc([C@H](C)N2C[C@H]3C[C@@H]2CN3C(=O)c2ccc(C(F)(F)F)nc2)c1C. The summed E-state index contributed by atoms with van der Waals surface area (Å²) < 4.78 is 44.1. The van der Waals surface area contributed by atoms with E-state index in [1.54, 1.807) is 4.90 Å². The molecular formula is C25H30F3N3O3. The van der Waals surface area contributed by atoms with E-state index in [1.807, 2.05) is 13.0 Å². The lowest BCUT2D eigenvalue weighted by molar-refractivity contribution is -0.141. The molecule has 2 aromatic rings. The molecule has 9 heteroatoms. The fourth-order valence-corrected chi connectivity index (χ4v) is 5.13. The van der Waals surface area contributed by atoms with Crippen molar-refractivity contribution in [2.45, 2.75) is 57.9 Å². The van der Waals surface area contributed by atoms with Crippen molar-refractivity contribution >= 4 is 5.91 Å². The van der Waals surface area contributed by atoms with Crippen molar-refractivity contribution in [2.75, 3.05) is 26.3 Å². The van der Waals surface area contributed by atoms with Gasteiger partial charge in [0.15, 0.2) is 0 Å². The normalized spacial score (nSPS) is 21.2. The summed E-state index contributed by atoms with van der Waals surface area (Å²) in [5.41, 5.74) is 2.65. The molecule has 3 atom stereocenters. The van der Waals surface area contributed by atoms with Crippen molar-refractivity contribution < 1.29 is 27.8 Å². The monoisotopic (exact) mass is 477 g/mol. The molecule has 1 aromatic carbocycles. The number of rotatable bonds is 7. The molecule has 0 aliphatic carbocycles. The fourth-order valence-electron chi connectivity index (χ4n) is 5.13. The zero-order valence-electron chi connectivity index (χ0n) is 19.6. The molecule has 6 nitrogen and oxygen atoms in total. The van der Waals surface area contributed by atoms with Gasteiger partial charge in [-0.3, -0.25) is 14.7 Å². The minimum atomic E-state index is -4.52. The number of amides is 1. The standard InChI is InChI=1S/C25H30F3N3O3/c1-15-16(2)22(34-10-4-9-32)7-6-21(15)17(3)30-13-20-11-19(30)14-31(20)24(33)18-5-8-23(29-12-18)25(26,27)28/h5-8,12,17,19-20,32H,4,9-11,13-14H2,1-3H3/t17-,19+,20+/m0/s1. The number of fused-ring (bicyclic) bond motifs is 2. The minimum Gasteiger partial charge on any atom is -0.493 e. The number of carbonyl (C=O) groups is 1. The van der Waals surface area contributed by atoms with Crippen LogP contribution in [-0.2, 0) is 6.18 Å². The molecular weight excluding hydrogens is 447 g/mol. The molecule has 2 fully saturated rings. The highest BCUT2D eigenvalue weighted by Crippen LogP contribution is 2.39. The van der Waals surface area contributed by atoms with Crippen LogP contribution < -0.4 is 4.74 Å². The number of likely N-dealkylation sites (tertiary alicyclic amines) is 2. The molecule has 2 saturated heterocycles. The molecule has 2 bridgehead atoms. The Kier molecular flexibility index (Phi) is 6.87. The zero-order chi connectivity index (χ0) is 24.6. The van der Waals surface area contributed by atoms with Gasteiger partial charge in [0.05, 0.1) is 12.2 Å². The summed E-state index contributed by atoms with van der Waals surface area (Å²) in [4.78, 5) is 20.6. The van der Waals surface area contributed by atoms with Crippen molar-refractivity contribution in [1.82, 2.24) is 14.8 Å². The first-order valence-electron chi connectivity index (χ1n) is 11.6. The predicted octanol–water partition coefficient (Wildman–Crippen LogP) is 4.14. The maximum Gasteiger partial charge on any atom is 0.433 e. The highest BCUT2D eigenvalue weighted by molar-refractivity contribution is 5.94. The number of halogens is 3. The molecule has 0 radical (unpaired) electrons. The maximum atomic E-state index is 12.9. The average molecular weight is 478 g/mol. The molecule has 4 rings (SSSR count). The third kappa shape index (κ3) is 4.63. The number of hydrogen-bond donors (Lipinski definition) is 1. The van der Waals surface area contributed by atoms with E-state index in [0.717, 1.165) is 36.5 Å². The van der Waals surface area contributed by atoms with E-state index in [4.69, 9.17) is 9.84 Å². The molecule has 1 aromatic heterocycles. The third-order valence-corrected chi connectivity index (χ3v) is 7.13. The summed E-state index contributed by atoms with van der Waals surface area (Å²) >= 11 is 0. The van der Waals surface area contributed by atoms with Gasteiger partial charge in [-0.05, 0) is 62.1 Å². The van der Waals surface area contributed by atoms with Crippen LogP contribution in [0.5, 0.6) is 5.75 Å². The Morgan fingerprint density at radius 2 is 1.94 bits per heavy atom. The van der Waals surface area contributed by atoms with Gasteiger partial charge in [0, 0.05) is 50.4 Å². The largest absolute Gasteiger partial charge is 0.493 e. The van der Waals surface area contributed by atoms with E-state index in [9.17, 15) is 18.0 Å². The molecule has 2 aliphatic heterocycles. The number of ether oxygens (including phenoxy) is 1. The number of aliphatic hydroxyl groups is 1. The molecule has 2 aliphatic rings. The average Bonchev–Trinajstić information content (AvgIpc) is 3.42. The topological polar surface area (TPSA) is 65.9 Å². The summed E-state index contributed by atoms with van der Waals surface area (Å²) in [6.45, 7) is 8.13. The van der Waals surface area contributed by atoms with Crippen LogP contribution in [0.1, 0.15) is 58.5 Å². The van der Waals surface area contributed by atoms with Crippen LogP contribution in [0.15, 0.2) is 30.5 Å². The number of benzene rings is 1. The highest BCUT2D eigenvalue weighted by atomic mass is 19.4. The van der Waals surface area contributed by atoms with Crippen LogP contribution in [0, 0.1) is 13.8 Å². The Labute approximate surface area is 197 Å². The van der Waals surface area contributed by atoms with Gasteiger partial charge < -0.3 is 14.7 Å². The number of aromatic nitrogens is 1. The summed E-state index contributed by atoms with van der Waals surface area (Å²) in [7, 11) is 0. The summed E-state index contributed by atoms with van der Waals surface area (Å²) in [5.74, 6) is 0.559. The van der Waals surface area contributed by atoms with Gasteiger partial charge in [0.2, 0.25) is 0 Å². The smallest absolute Gasteiger partial charge is 0.433 e. The number of nitrogens with zero attached hydrogens (tertiary/aromatic N) is 3. The van der Waals surface area contributed by atoms with Crippen LogP contribution >= 0.6 is 0 Å². The van der Waals surface area contributed by atoms with Crippen molar-refractivity contribution in [3.8, 4) is 5.75 Å². The number of alkyl halides is 3. The second-order valence-electron chi connectivity index (χ2n) is 9.13.